The van der Waals surface area contributed by atoms with E-state index in [-0.39, 0.29) is 10.6 Å². The lowest BCUT2D eigenvalue weighted by Crippen LogP contribution is -2.28. The number of rotatable bonds is 8. The molecule has 0 radical (unpaired) electrons. The number of amides is 1. The molecule has 0 saturated heterocycles. The molecule has 0 spiro atoms. The van der Waals surface area contributed by atoms with Crippen LogP contribution in [0.4, 0.5) is 17.1 Å². The lowest BCUT2D eigenvalue weighted by Gasteiger charge is -2.18. The van der Waals surface area contributed by atoms with E-state index in [1.54, 1.807) is 31.2 Å². The first kappa shape index (κ1) is 24.3. The van der Waals surface area contributed by atoms with Crippen molar-refractivity contribution in [2.45, 2.75) is 18.7 Å². The van der Waals surface area contributed by atoms with Crippen molar-refractivity contribution in [1.82, 2.24) is 0 Å². The molecule has 10 heteroatoms. The van der Waals surface area contributed by atoms with Gasteiger partial charge in [-0.1, -0.05) is 18.2 Å². The zero-order chi connectivity index (χ0) is 24.2. The number of hydrogen-bond donors (Lipinski definition) is 2. The van der Waals surface area contributed by atoms with Crippen LogP contribution in [0.5, 0.6) is 0 Å². The number of benzene rings is 3. The summed E-state index contributed by atoms with van der Waals surface area (Å²) in [6.45, 7) is 3.37. The van der Waals surface area contributed by atoms with E-state index in [2.05, 4.69) is 10.0 Å². The van der Waals surface area contributed by atoms with Gasteiger partial charge < -0.3 is 5.32 Å². The number of para-hydroxylation sites is 1. The third kappa shape index (κ3) is 5.71. The highest BCUT2D eigenvalue weighted by atomic mass is 32.2. The molecule has 3 aromatic carbocycles. The minimum absolute atomic E-state index is 0.0298. The highest BCUT2D eigenvalue weighted by molar-refractivity contribution is 7.93. The fourth-order valence-electron chi connectivity index (χ4n) is 2.99. The Morgan fingerprint density at radius 2 is 1.48 bits per heavy atom. The first-order valence-corrected chi connectivity index (χ1v) is 13.2. The molecule has 3 rings (SSSR count). The summed E-state index contributed by atoms with van der Waals surface area (Å²) in [6.07, 6.45) is 0. The normalized spacial score (nSPS) is 11.6. The van der Waals surface area contributed by atoms with E-state index in [4.69, 9.17) is 0 Å². The van der Waals surface area contributed by atoms with E-state index in [1.807, 2.05) is 19.1 Å². The minimum atomic E-state index is -3.78. The maximum absolute atomic E-state index is 12.6. The third-order valence-corrected chi connectivity index (χ3v) is 8.24. The second-order valence-electron chi connectivity index (χ2n) is 7.31. The van der Waals surface area contributed by atoms with Gasteiger partial charge in [0.2, 0.25) is 10.0 Å². The number of anilines is 3. The van der Waals surface area contributed by atoms with Gasteiger partial charge in [0, 0.05) is 18.3 Å². The topological polar surface area (TPSA) is 113 Å². The molecule has 0 atom stereocenters. The summed E-state index contributed by atoms with van der Waals surface area (Å²) in [5.41, 5.74) is 2.50. The van der Waals surface area contributed by atoms with Crippen LogP contribution in [-0.2, 0) is 20.0 Å². The van der Waals surface area contributed by atoms with Crippen LogP contribution in [0.2, 0.25) is 0 Å². The predicted octanol–water partition coefficient (Wildman–Crippen LogP) is 3.83. The number of nitrogens with one attached hydrogen (secondary N) is 2. The molecular weight excluding hydrogens is 462 g/mol. The highest BCUT2D eigenvalue weighted by Gasteiger charge is 2.17. The Morgan fingerprint density at radius 1 is 0.879 bits per heavy atom. The molecule has 0 bridgehead atoms. The monoisotopic (exact) mass is 487 g/mol. The zero-order valence-corrected chi connectivity index (χ0v) is 20.1. The molecule has 0 aromatic heterocycles. The van der Waals surface area contributed by atoms with Gasteiger partial charge in [-0.05, 0) is 74.0 Å². The lowest BCUT2D eigenvalue weighted by molar-refractivity contribution is 0.102. The van der Waals surface area contributed by atoms with Crippen molar-refractivity contribution >= 4 is 43.0 Å². The van der Waals surface area contributed by atoms with Gasteiger partial charge in [0.15, 0.2) is 0 Å². The summed E-state index contributed by atoms with van der Waals surface area (Å²) in [6, 6.07) is 19.0. The Labute approximate surface area is 194 Å². The van der Waals surface area contributed by atoms with Crippen LogP contribution in [0.15, 0.2) is 77.7 Å². The fraction of sp³-hybridized carbons (Fsp3) is 0.174. The SMILES string of the molecule is CCS(=O)(=O)N(C)c1ccc(C(=O)Nc2ccc(S(=O)(=O)Nc3ccccc3C)cc2)cc1. The molecule has 8 nitrogen and oxygen atoms in total. The Hall–Kier alpha value is -3.37. The number of carbonyl (C=O) groups is 1. The largest absolute Gasteiger partial charge is 0.322 e. The zero-order valence-electron chi connectivity index (χ0n) is 18.4. The summed E-state index contributed by atoms with van der Waals surface area (Å²) < 4.78 is 53.0. The molecule has 0 aliphatic heterocycles. The van der Waals surface area contributed by atoms with Crippen LogP contribution in [0.25, 0.3) is 0 Å². The molecule has 33 heavy (non-hydrogen) atoms. The standard InChI is InChI=1S/C23H25N3O5S2/c1-4-32(28,29)26(3)20-13-9-18(10-14-20)23(27)24-19-11-15-21(16-12-19)33(30,31)25-22-8-6-5-7-17(22)2/h5-16,25H,4H2,1-3H3,(H,24,27). The molecule has 0 aliphatic carbocycles. The number of nitrogens with zero attached hydrogens (tertiary/aromatic N) is 1. The van der Waals surface area contributed by atoms with E-state index in [0.717, 1.165) is 5.56 Å². The Bertz CT molecular complexity index is 1350. The summed E-state index contributed by atoms with van der Waals surface area (Å²) in [7, 11) is -5.71. The van der Waals surface area contributed by atoms with Crippen molar-refractivity contribution in [3.8, 4) is 0 Å². The molecule has 0 unspecified atom stereocenters. The molecule has 0 aliphatic rings. The molecule has 174 valence electrons. The average molecular weight is 488 g/mol. The van der Waals surface area contributed by atoms with E-state index in [9.17, 15) is 21.6 Å². The van der Waals surface area contributed by atoms with Crippen LogP contribution < -0.4 is 14.3 Å². The first-order chi connectivity index (χ1) is 15.5. The van der Waals surface area contributed by atoms with Gasteiger partial charge in [-0.3, -0.25) is 13.8 Å². The quantitative estimate of drug-likeness (QED) is 0.501. The van der Waals surface area contributed by atoms with Gasteiger partial charge in [-0.15, -0.1) is 0 Å². The van der Waals surface area contributed by atoms with E-state index >= 15 is 0 Å². The summed E-state index contributed by atoms with van der Waals surface area (Å²) >= 11 is 0. The number of sulfonamides is 2. The second-order valence-corrected chi connectivity index (χ2v) is 11.3. The third-order valence-electron chi connectivity index (χ3n) is 5.09. The van der Waals surface area contributed by atoms with E-state index in [1.165, 1.54) is 47.8 Å². The molecule has 0 fully saturated rings. The van der Waals surface area contributed by atoms with Gasteiger partial charge in [0.25, 0.3) is 15.9 Å². The van der Waals surface area contributed by atoms with Crippen LogP contribution in [0.3, 0.4) is 0 Å². The smallest absolute Gasteiger partial charge is 0.261 e. The maximum atomic E-state index is 12.6. The Balaban J connectivity index is 1.69. The number of aryl methyl sites for hydroxylation is 1. The van der Waals surface area contributed by atoms with Gasteiger partial charge in [-0.2, -0.15) is 0 Å². The molecule has 1 amide bonds. The molecule has 2 N–H and O–H groups in total. The van der Waals surface area contributed by atoms with Crippen molar-refractivity contribution < 1.29 is 21.6 Å². The molecular formula is C23H25N3O5S2. The van der Waals surface area contributed by atoms with Gasteiger partial charge in [0.05, 0.1) is 22.0 Å². The van der Waals surface area contributed by atoms with E-state index < -0.39 is 26.0 Å². The fourth-order valence-corrected chi connectivity index (χ4v) is 4.95. The molecule has 3 aromatic rings. The molecule has 0 heterocycles. The summed E-state index contributed by atoms with van der Waals surface area (Å²) in [5.74, 6) is -0.436. The van der Waals surface area contributed by atoms with E-state index in [0.29, 0.717) is 22.6 Å². The van der Waals surface area contributed by atoms with Gasteiger partial charge in [0.1, 0.15) is 0 Å². The Kier molecular flexibility index (Phi) is 7.09. The average Bonchev–Trinajstić information content (AvgIpc) is 2.80. The predicted molar refractivity (Wildman–Crippen MR) is 131 cm³/mol. The van der Waals surface area contributed by atoms with Crippen molar-refractivity contribution in [3.05, 3.63) is 83.9 Å². The second kappa shape index (κ2) is 9.63. The summed E-state index contributed by atoms with van der Waals surface area (Å²) in [4.78, 5) is 12.6. The number of hydrogen-bond acceptors (Lipinski definition) is 5. The number of carbonyl (C=O) groups excluding carboxylic acids is 1. The minimum Gasteiger partial charge on any atom is -0.322 e. The summed E-state index contributed by atoms with van der Waals surface area (Å²) in [5, 5.41) is 2.70. The first-order valence-electron chi connectivity index (χ1n) is 10.1. The lowest BCUT2D eigenvalue weighted by atomic mass is 10.2. The molecule has 0 saturated carbocycles. The highest BCUT2D eigenvalue weighted by Crippen LogP contribution is 2.22. The van der Waals surface area contributed by atoms with Gasteiger partial charge >= 0.3 is 0 Å². The Morgan fingerprint density at radius 3 is 2.06 bits per heavy atom. The van der Waals surface area contributed by atoms with Crippen LogP contribution in [-0.4, -0.2) is 35.5 Å². The maximum Gasteiger partial charge on any atom is 0.261 e. The van der Waals surface area contributed by atoms with Crippen molar-refractivity contribution in [2.24, 2.45) is 0 Å². The van der Waals surface area contributed by atoms with Crippen molar-refractivity contribution in [3.63, 3.8) is 0 Å². The van der Waals surface area contributed by atoms with Crippen molar-refractivity contribution in [2.75, 3.05) is 27.1 Å². The van der Waals surface area contributed by atoms with Crippen LogP contribution in [0, 0.1) is 6.92 Å². The van der Waals surface area contributed by atoms with Gasteiger partial charge in [-0.25, -0.2) is 16.8 Å². The van der Waals surface area contributed by atoms with Crippen LogP contribution in [0.1, 0.15) is 22.8 Å². The van der Waals surface area contributed by atoms with Crippen LogP contribution >= 0.6 is 0 Å². The van der Waals surface area contributed by atoms with Crippen molar-refractivity contribution in [1.29, 1.82) is 0 Å².